The number of carbonyl (C=O) groups excluding carboxylic acids is 1. The Bertz CT molecular complexity index is 884. The van der Waals surface area contributed by atoms with Gasteiger partial charge in [0.2, 0.25) is 0 Å². The van der Waals surface area contributed by atoms with Crippen LogP contribution in [0, 0.1) is 0 Å². The quantitative estimate of drug-likeness (QED) is 0.461. The van der Waals surface area contributed by atoms with Gasteiger partial charge >= 0.3 is 5.97 Å². The SMILES string of the molecule is CCOC(=O)C=C(c1ccccc1)n1nccc1-c1ccc(Br)cc1. The van der Waals surface area contributed by atoms with Gasteiger partial charge in [-0.15, -0.1) is 0 Å². The molecule has 25 heavy (non-hydrogen) atoms. The number of hydrogen-bond donors (Lipinski definition) is 0. The Morgan fingerprint density at radius 1 is 1.12 bits per heavy atom. The second kappa shape index (κ2) is 7.94. The highest BCUT2D eigenvalue weighted by molar-refractivity contribution is 9.10. The van der Waals surface area contributed by atoms with Crippen molar-refractivity contribution in [2.24, 2.45) is 0 Å². The second-order valence-corrected chi connectivity index (χ2v) is 6.20. The number of aromatic nitrogens is 2. The highest BCUT2D eigenvalue weighted by Gasteiger charge is 2.13. The predicted molar refractivity (Wildman–Crippen MR) is 102 cm³/mol. The number of rotatable bonds is 5. The van der Waals surface area contributed by atoms with Gasteiger partial charge in [-0.1, -0.05) is 58.4 Å². The monoisotopic (exact) mass is 396 g/mol. The summed E-state index contributed by atoms with van der Waals surface area (Å²) in [6.07, 6.45) is 3.20. The van der Waals surface area contributed by atoms with Crippen LogP contribution in [0.2, 0.25) is 0 Å². The van der Waals surface area contributed by atoms with Crippen LogP contribution in [0.3, 0.4) is 0 Å². The maximum absolute atomic E-state index is 12.1. The Morgan fingerprint density at radius 3 is 2.52 bits per heavy atom. The van der Waals surface area contributed by atoms with E-state index in [1.54, 1.807) is 17.8 Å². The molecule has 5 heteroatoms. The van der Waals surface area contributed by atoms with Crippen molar-refractivity contribution in [3.05, 3.63) is 83.0 Å². The zero-order valence-electron chi connectivity index (χ0n) is 13.7. The van der Waals surface area contributed by atoms with Crippen molar-refractivity contribution in [1.82, 2.24) is 9.78 Å². The molecule has 0 N–H and O–H groups in total. The summed E-state index contributed by atoms with van der Waals surface area (Å²) in [5, 5.41) is 4.43. The van der Waals surface area contributed by atoms with Crippen LogP contribution in [-0.4, -0.2) is 22.4 Å². The largest absolute Gasteiger partial charge is 0.463 e. The molecule has 126 valence electrons. The molecule has 0 spiro atoms. The molecule has 0 aliphatic carbocycles. The minimum atomic E-state index is -0.390. The fourth-order valence-electron chi connectivity index (χ4n) is 2.51. The molecule has 4 nitrogen and oxygen atoms in total. The van der Waals surface area contributed by atoms with Crippen LogP contribution in [0.5, 0.6) is 0 Å². The van der Waals surface area contributed by atoms with E-state index in [4.69, 9.17) is 4.74 Å². The summed E-state index contributed by atoms with van der Waals surface area (Å²) >= 11 is 3.45. The number of benzene rings is 2. The number of ether oxygens (including phenoxy) is 1. The molecule has 0 aliphatic heterocycles. The first-order valence-corrected chi connectivity index (χ1v) is 8.72. The fourth-order valence-corrected chi connectivity index (χ4v) is 2.77. The lowest BCUT2D eigenvalue weighted by Gasteiger charge is -2.12. The van der Waals surface area contributed by atoms with Crippen molar-refractivity contribution in [1.29, 1.82) is 0 Å². The maximum atomic E-state index is 12.1. The Morgan fingerprint density at radius 2 is 1.84 bits per heavy atom. The predicted octanol–water partition coefficient (Wildman–Crippen LogP) is 4.76. The van der Waals surface area contributed by atoms with Crippen molar-refractivity contribution in [2.45, 2.75) is 6.92 Å². The van der Waals surface area contributed by atoms with Gasteiger partial charge in [0, 0.05) is 21.7 Å². The standard InChI is InChI=1S/C20H17BrN2O2/c1-2-25-20(24)14-19(15-6-4-3-5-7-15)23-18(12-13-22-23)16-8-10-17(21)11-9-16/h3-14H,2H2,1H3. The van der Waals surface area contributed by atoms with Gasteiger partial charge in [-0.05, 0) is 25.1 Å². The molecule has 1 aromatic heterocycles. The number of esters is 1. The topological polar surface area (TPSA) is 44.1 Å². The fraction of sp³-hybridized carbons (Fsp3) is 0.100. The van der Waals surface area contributed by atoms with E-state index < -0.39 is 5.97 Å². The molecular weight excluding hydrogens is 380 g/mol. The van der Waals surface area contributed by atoms with E-state index in [1.165, 1.54) is 6.08 Å². The first-order valence-electron chi connectivity index (χ1n) is 7.93. The van der Waals surface area contributed by atoms with Crippen molar-refractivity contribution in [2.75, 3.05) is 6.61 Å². The normalized spacial score (nSPS) is 11.4. The highest BCUT2D eigenvalue weighted by Crippen LogP contribution is 2.26. The third-order valence-corrected chi connectivity index (χ3v) is 4.15. The minimum absolute atomic E-state index is 0.329. The Labute approximate surface area is 154 Å². The van der Waals surface area contributed by atoms with Gasteiger partial charge in [-0.25, -0.2) is 9.48 Å². The molecule has 2 aromatic carbocycles. The summed E-state index contributed by atoms with van der Waals surface area (Å²) in [6, 6.07) is 19.6. The zero-order valence-corrected chi connectivity index (χ0v) is 15.3. The number of nitrogens with zero attached hydrogens (tertiary/aromatic N) is 2. The molecule has 0 amide bonds. The van der Waals surface area contributed by atoms with Gasteiger partial charge in [-0.3, -0.25) is 0 Å². The van der Waals surface area contributed by atoms with Crippen LogP contribution in [0.15, 0.2) is 77.4 Å². The Hall–Kier alpha value is -2.66. The van der Waals surface area contributed by atoms with Crippen LogP contribution in [0.25, 0.3) is 17.0 Å². The van der Waals surface area contributed by atoms with Gasteiger partial charge < -0.3 is 4.74 Å². The van der Waals surface area contributed by atoms with Crippen molar-refractivity contribution >= 4 is 27.6 Å². The van der Waals surface area contributed by atoms with E-state index in [9.17, 15) is 4.79 Å². The first kappa shape index (κ1) is 17.2. The summed E-state index contributed by atoms with van der Waals surface area (Å²) in [4.78, 5) is 12.1. The van der Waals surface area contributed by atoms with Crippen LogP contribution in [-0.2, 0) is 9.53 Å². The molecule has 0 bridgehead atoms. The lowest BCUT2D eigenvalue weighted by atomic mass is 10.1. The van der Waals surface area contributed by atoms with E-state index >= 15 is 0 Å². The van der Waals surface area contributed by atoms with E-state index in [2.05, 4.69) is 21.0 Å². The van der Waals surface area contributed by atoms with Crippen molar-refractivity contribution in [3.8, 4) is 11.3 Å². The van der Waals surface area contributed by atoms with Gasteiger partial charge in [0.1, 0.15) is 0 Å². The summed E-state index contributed by atoms with van der Waals surface area (Å²) in [5.74, 6) is -0.390. The van der Waals surface area contributed by atoms with Gasteiger partial charge in [0.15, 0.2) is 0 Å². The summed E-state index contributed by atoms with van der Waals surface area (Å²) in [6.45, 7) is 2.12. The van der Waals surface area contributed by atoms with Gasteiger partial charge in [0.05, 0.1) is 24.2 Å². The lowest BCUT2D eigenvalue weighted by Crippen LogP contribution is -2.08. The van der Waals surface area contributed by atoms with Gasteiger partial charge in [0.25, 0.3) is 0 Å². The summed E-state index contributed by atoms with van der Waals surface area (Å²) in [5.41, 5.74) is 3.46. The maximum Gasteiger partial charge on any atom is 0.332 e. The van der Waals surface area contributed by atoms with Crippen molar-refractivity contribution < 1.29 is 9.53 Å². The highest BCUT2D eigenvalue weighted by atomic mass is 79.9. The third kappa shape index (κ3) is 4.06. The van der Waals surface area contributed by atoms with Crippen molar-refractivity contribution in [3.63, 3.8) is 0 Å². The molecule has 0 saturated heterocycles. The average Bonchev–Trinajstić information content (AvgIpc) is 3.11. The van der Waals surface area contributed by atoms with E-state index in [0.29, 0.717) is 12.3 Å². The summed E-state index contributed by atoms with van der Waals surface area (Å²) < 4.78 is 7.86. The van der Waals surface area contributed by atoms with Crippen LogP contribution >= 0.6 is 15.9 Å². The first-order chi connectivity index (χ1) is 12.2. The number of carbonyl (C=O) groups is 1. The molecule has 1 heterocycles. The Kier molecular flexibility index (Phi) is 5.46. The molecule has 0 fully saturated rings. The van der Waals surface area contributed by atoms with E-state index in [-0.39, 0.29) is 0 Å². The van der Waals surface area contributed by atoms with E-state index in [1.807, 2.05) is 60.7 Å². The molecule has 3 rings (SSSR count). The van der Waals surface area contributed by atoms with E-state index in [0.717, 1.165) is 21.3 Å². The molecule has 0 unspecified atom stereocenters. The van der Waals surface area contributed by atoms with Gasteiger partial charge in [-0.2, -0.15) is 5.10 Å². The third-order valence-electron chi connectivity index (χ3n) is 3.62. The molecule has 0 aliphatic rings. The molecular formula is C20H17BrN2O2. The van der Waals surface area contributed by atoms with Crippen LogP contribution in [0.4, 0.5) is 0 Å². The minimum Gasteiger partial charge on any atom is -0.463 e. The lowest BCUT2D eigenvalue weighted by molar-refractivity contribution is -0.137. The van der Waals surface area contributed by atoms with Crippen LogP contribution < -0.4 is 0 Å². The number of halogens is 1. The Balaban J connectivity index is 2.10. The second-order valence-electron chi connectivity index (χ2n) is 5.28. The molecule has 3 aromatic rings. The summed E-state index contributed by atoms with van der Waals surface area (Å²) in [7, 11) is 0. The average molecular weight is 397 g/mol. The number of hydrogen-bond acceptors (Lipinski definition) is 3. The smallest absolute Gasteiger partial charge is 0.332 e. The van der Waals surface area contributed by atoms with Crippen LogP contribution in [0.1, 0.15) is 12.5 Å². The zero-order chi connectivity index (χ0) is 17.6. The molecule has 0 atom stereocenters. The molecule has 0 radical (unpaired) electrons. The molecule has 0 saturated carbocycles.